The van der Waals surface area contributed by atoms with Gasteiger partial charge in [0.15, 0.2) is 8.32 Å². The summed E-state index contributed by atoms with van der Waals surface area (Å²) in [6.45, 7) is 16.2. The molecule has 0 saturated heterocycles. The average Bonchev–Trinajstić information content (AvgIpc) is 2.95. The van der Waals surface area contributed by atoms with E-state index in [1.807, 2.05) is 11.3 Å². The topological polar surface area (TPSA) is 9.23 Å². The first-order valence-electron chi connectivity index (χ1n) is 9.04. The van der Waals surface area contributed by atoms with Gasteiger partial charge in [-0.2, -0.15) is 0 Å². The van der Waals surface area contributed by atoms with E-state index in [9.17, 15) is 0 Å². The first kappa shape index (κ1) is 19.3. The molecule has 1 heterocycles. The largest absolute Gasteiger partial charge is 0.413 e. The van der Waals surface area contributed by atoms with Gasteiger partial charge in [-0.25, -0.2) is 0 Å². The molecule has 0 amide bonds. The molecule has 136 valence electrons. The summed E-state index contributed by atoms with van der Waals surface area (Å²) in [5.41, 5.74) is 4.34. The highest BCUT2D eigenvalue weighted by atomic mass is 79.9. The van der Waals surface area contributed by atoms with E-state index >= 15 is 0 Å². The summed E-state index contributed by atoms with van der Waals surface area (Å²) in [5, 5.41) is 0.225. The van der Waals surface area contributed by atoms with Gasteiger partial charge in [0.05, 0.1) is 6.10 Å². The Kier molecular flexibility index (Phi) is 5.13. The zero-order valence-corrected chi connectivity index (χ0v) is 19.8. The van der Waals surface area contributed by atoms with Crippen LogP contribution in [0.25, 0.3) is 0 Å². The smallest absolute Gasteiger partial charge is 0.192 e. The molecular formula is C21H29BrOSSi. The Labute approximate surface area is 166 Å². The van der Waals surface area contributed by atoms with Crippen molar-refractivity contribution in [3.05, 3.63) is 55.2 Å². The molecule has 0 bridgehead atoms. The molecule has 0 saturated carbocycles. The molecular weight excluding hydrogens is 408 g/mol. The number of benzene rings is 1. The molecule has 2 aromatic rings. The van der Waals surface area contributed by atoms with Gasteiger partial charge in [-0.3, -0.25) is 0 Å². The normalized spacial score (nSPS) is 20.8. The van der Waals surface area contributed by atoms with Gasteiger partial charge < -0.3 is 4.43 Å². The van der Waals surface area contributed by atoms with Crippen molar-refractivity contribution in [1.82, 2.24) is 0 Å². The second-order valence-corrected chi connectivity index (χ2v) is 15.7. The van der Waals surface area contributed by atoms with Gasteiger partial charge in [0.1, 0.15) is 0 Å². The third-order valence-electron chi connectivity index (χ3n) is 5.98. The number of hydrogen-bond acceptors (Lipinski definition) is 2. The van der Waals surface area contributed by atoms with Gasteiger partial charge >= 0.3 is 0 Å². The highest BCUT2D eigenvalue weighted by Gasteiger charge is 2.44. The molecule has 0 radical (unpaired) electrons. The summed E-state index contributed by atoms with van der Waals surface area (Å²) in [6.07, 6.45) is 1.26. The monoisotopic (exact) mass is 436 g/mol. The lowest BCUT2D eigenvalue weighted by Crippen LogP contribution is -2.45. The van der Waals surface area contributed by atoms with Crippen LogP contribution in [0.4, 0.5) is 0 Å². The zero-order chi connectivity index (χ0) is 18.6. The molecule has 0 N–H and O–H groups in total. The fraction of sp³-hybridized carbons (Fsp3) is 0.524. The second kappa shape index (κ2) is 6.63. The summed E-state index contributed by atoms with van der Waals surface area (Å²) < 4.78 is 8.23. The Hall–Kier alpha value is -0.423. The number of halogens is 1. The molecule has 1 aliphatic carbocycles. The van der Waals surface area contributed by atoms with Crippen LogP contribution in [0.15, 0.2) is 28.7 Å². The quantitative estimate of drug-likeness (QED) is 0.461. The maximum absolute atomic E-state index is 6.95. The van der Waals surface area contributed by atoms with Crippen LogP contribution >= 0.6 is 27.3 Å². The summed E-state index contributed by atoms with van der Waals surface area (Å²) in [7, 11) is -1.82. The minimum Gasteiger partial charge on any atom is -0.413 e. The van der Waals surface area contributed by atoms with Crippen LogP contribution in [0.2, 0.25) is 18.1 Å². The lowest BCUT2D eigenvalue weighted by Gasteiger charge is -2.40. The SMILES string of the molecule is Cc1sc(C)c([C@H]2c3ccccc3C[C@@H]2O[Si](C)(C)C(C)(C)C)c1Br. The van der Waals surface area contributed by atoms with Crippen molar-refractivity contribution in [3.63, 3.8) is 0 Å². The van der Waals surface area contributed by atoms with Gasteiger partial charge in [0.25, 0.3) is 0 Å². The van der Waals surface area contributed by atoms with E-state index in [1.165, 1.54) is 30.9 Å². The fourth-order valence-corrected chi connectivity index (χ4v) is 6.84. The molecule has 0 spiro atoms. The Bertz CT molecular complexity index is 788. The lowest BCUT2D eigenvalue weighted by atomic mass is 9.92. The number of rotatable bonds is 3. The van der Waals surface area contributed by atoms with Crippen LogP contribution in [0.5, 0.6) is 0 Å². The van der Waals surface area contributed by atoms with Gasteiger partial charge in [0, 0.05) is 20.1 Å². The van der Waals surface area contributed by atoms with E-state index in [2.05, 4.69) is 87.9 Å². The number of aryl methyl sites for hydroxylation is 2. The van der Waals surface area contributed by atoms with Crippen LogP contribution in [-0.4, -0.2) is 14.4 Å². The highest BCUT2D eigenvalue weighted by molar-refractivity contribution is 9.10. The zero-order valence-electron chi connectivity index (χ0n) is 16.4. The first-order chi connectivity index (χ1) is 11.5. The maximum Gasteiger partial charge on any atom is 0.192 e. The van der Waals surface area contributed by atoms with Crippen molar-refractivity contribution in [3.8, 4) is 0 Å². The Morgan fingerprint density at radius 1 is 1.12 bits per heavy atom. The van der Waals surface area contributed by atoms with Crippen molar-refractivity contribution in [1.29, 1.82) is 0 Å². The van der Waals surface area contributed by atoms with Gasteiger partial charge in [-0.05, 0) is 71.0 Å². The number of fused-ring (bicyclic) bond motifs is 1. The van der Waals surface area contributed by atoms with Gasteiger partial charge in [0.2, 0.25) is 0 Å². The third kappa shape index (κ3) is 3.43. The predicted octanol–water partition coefficient (Wildman–Crippen LogP) is 7.21. The lowest BCUT2D eigenvalue weighted by molar-refractivity contribution is 0.175. The molecule has 1 aromatic heterocycles. The number of hydrogen-bond donors (Lipinski definition) is 0. The molecule has 0 fully saturated rings. The Balaban J connectivity index is 2.07. The third-order valence-corrected chi connectivity index (χ3v) is 12.8. The minimum absolute atomic E-state index is 0.225. The van der Waals surface area contributed by atoms with E-state index < -0.39 is 8.32 Å². The fourth-order valence-electron chi connectivity index (χ4n) is 3.59. The van der Waals surface area contributed by atoms with Crippen LogP contribution in [0.3, 0.4) is 0 Å². The molecule has 3 rings (SSSR count). The van der Waals surface area contributed by atoms with E-state index in [4.69, 9.17) is 4.43 Å². The predicted molar refractivity (Wildman–Crippen MR) is 116 cm³/mol. The summed E-state index contributed by atoms with van der Waals surface area (Å²) in [5.74, 6) is 0.338. The Morgan fingerprint density at radius 3 is 2.32 bits per heavy atom. The molecule has 0 aliphatic heterocycles. The summed E-state index contributed by atoms with van der Waals surface area (Å²) in [6, 6.07) is 8.90. The molecule has 2 atom stereocenters. The minimum atomic E-state index is -1.82. The van der Waals surface area contributed by atoms with Crippen molar-refractivity contribution < 1.29 is 4.43 Å². The molecule has 0 unspecified atom stereocenters. The molecule has 4 heteroatoms. The van der Waals surface area contributed by atoms with Crippen LogP contribution in [-0.2, 0) is 10.8 Å². The standard InChI is InChI=1S/C21H29BrOSSi/c1-13-18(20(22)14(2)24-13)19-16-11-9-8-10-15(16)12-17(19)23-25(6,7)21(3,4)5/h8-11,17,19H,12H2,1-7H3/t17-,19-/m0/s1. The van der Waals surface area contributed by atoms with Crippen molar-refractivity contribution >= 4 is 35.6 Å². The highest BCUT2D eigenvalue weighted by Crippen LogP contribution is 2.49. The first-order valence-corrected chi connectivity index (χ1v) is 13.6. The molecule has 25 heavy (non-hydrogen) atoms. The van der Waals surface area contributed by atoms with Crippen molar-refractivity contribution in [2.24, 2.45) is 0 Å². The van der Waals surface area contributed by atoms with Crippen LogP contribution < -0.4 is 0 Å². The van der Waals surface area contributed by atoms with E-state index in [-0.39, 0.29) is 11.1 Å². The number of thiophene rings is 1. The average molecular weight is 438 g/mol. The van der Waals surface area contributed by atoms with Crippen molar-refractivity contribution in [2.75, 3.05) is 0 Å². The molecule has 1 aromatic carbocycles. The maximum atomic E-state index is 6.95. The van der Waals surface area contributed by atoms with Crippen LogP contribution in [0, 0.1) is 13.8 Å². The molecule has 1 nitrogen and oxygen atoms in total. The molecule has 1 aliphatic rings. The Morgan fingerprint density at radius 2 is 1.76 bits per heavy atom. The van der Waals surface area contributed by atoms with Crippen molar-refractivity contribution in [2.45, 2.75) is 71.2 Å². The second-order valence-electron chi connectivity index (χ2n) is 8.74. The van der Waals surface area contributed by atoms with E-state index in [0.717, 1.165) is 6.42 Å². The van der Waals surface area contributed by atoms with Gasteiger partial charge in [-0.15, -0.1) is 11.3 Å². The summed E-state index contributed by atoms with van der Waals surface area (Å²) in [4.78, 5) is 2.78. The van der Waals surface area contributed by atoms with Gasteiger partial charge in [-0.1, -0.05) is 45.0 Å². The van der Waals surface area contributed by atoms with E-state index in [1.54, 1.807) is 0 Å². The van der Waals surface area contributed by atoms with Crippen LogP contribution in [0.1, 0.15) is 53.1 Å². The van der Waals surface area contributed by atoms with E-state index in [0.29, 0.717) is 5.92 Å². The summed E-state index contributed by atoms with van der Waals surface area (Å²) >= 11 is 5.77.